The van der Waals surface area contributed by atoms with Crippen LogP contribution in [-0.4, -0.2) is 51.2 Å². The Morgan fingerprint density at radius 3 is 2.07 bits per heavy atom. The highest BCUT2D eigenvalue weighted by Crippen LogP contribution is 2.40. The SMILES string of the molecule is CC(C)(Oc1ccc(Cl)cc1)C(=O)N1C2CCC1CC(N1C(=O)CCC1=O)C2. The molecule has 3 aliphatic heterocycles. The van der Waals surface area contributed by atoms with E-state index in [-0.39, 0.29) is 35.8 Å². The summed E-state index contributed by atoms with van der Waals surface area (Å²) in [7, 11) is 0. The van der Waals surface area contributed by atoms with Crippen molar-refractivity contribution in [1.82, 2.24) is 9.80 Å². The molecule has 0 radical (unpaired) electrons. The first-order valence-corrected chi connectivity index (χ1v) is 10.3. The van der Waals surface area contributed by atoms with E-state index in [1.54, 1.807) is 38.1 Å². The zero-order valence-corrected chi connectivity index (χ0v) is 16.9. The summed E-state index contributed by atoms with van der Waals surface area (Å²) in [6, 6.07) is 6.99. The summed E-state index contributed by atoms with van der Waals surface area (Å²) < 4.78 is 5.99. The maximum Gasteiger partial charge on any atom is 0.266 e. The van der Waals surface area contributed by atoms with Gasteiger partial charge < -0.3 is 9.64 Å². The van der Waals surface area contributed by atoms with Gasteiger partial charge in [-0.1, -0.05) is 11.6 Å². The van der Waals surface area contributed by atoms with Crippen LogP contribution in [0.25, 0.3) is 0 Å². The summed E-state index contributed by atoms with van der Waals surface area (Å²) in [4.78, 5) is 41.0. The van der Waals surface area contributed by atoms with E-state index in [2.05, 4.69) is 0 Å². The van der Waals surface area contributed by atoms with Gasteiger partial charge in [0.05, 0.1) is 0 Å². The number of rotatable bonds is 4. The summed E-state index contributed by atoms with van der Waals surface area (Å²) >= 11 is 5.92. The number of halogens is 1. The number of hydrogen-bond donors (Lipinski definition) is 0. The third-order valence-electron chi connectivity index (χ3n) is 6.10. The molecule has 1 aromatic carbocycles. The quantitative estimate of drug-likeness (QED) is 0.723. The van der Waals surface area contributed by atoms with Crippen LogP contribution in [0.4, 0.5) is 0 Å². The standard InChI is InChI=1S/C21H25ClN2O4/c1-21(2,28-17-7-3-13(22)4-8-17)20(27)23-14-5-6-15(23)12-16(11-14)24-18(25)9-10-19(24)26/h3-4,7-8,14-16H,5-6,9-12H2,1-2H3. The average Bonchev–Trinajstić information content (AvgIpc) is 3.11. The van der Waals surface area contributed by atoms with E-state index in [1.807, 2.05) is 4.90 Å². The van der Waals surface area contributed by atoms with Gasteiger partial charge in [-0.05, 0) is 63.8 Å². The molecule has 0 aromatic heterocycles. The zero-order chi connectivity index (χ0) is 20.1. The van der Waals surface area contributed by atoms with Gasteiger partial charge in [-0.15, -0.1) is 0 Å². The smallest absolute Gasteiger partial charge is 0.266 e. The van der Waals surface area contributed by atoms with Crippen LogP contribution in [0, 0.1) is 0 Å². The highest BCUT2D eigenvalue weighted by atomic mass is 35.5. The molecule has 28 heavy (non-hydrogen) atoms. The van der Waals surface area contributed by atoms with E-state index >= 15 is 0 Å². The average molecular weight is 405 g/mol. The monoisotopic (exact) mass is 404 g/mol. The number of piperidine rings is 1. The van der Waals surface area contributed by atoms with Gasteiger partial charge >= 0.3 is 0 Å². The van der Waals surface area contributed by atoms with Crippen LogP contribution < -0.4 is 4.74 Å². The van der Waals surface area contributed by atoms with Crippen molar-refractivity contribution in [1.29, 1.82) is 0 Å². The summed E-state index contributed by atoms with van der Waals surface area (Å²) in [6.45, 7) is 3.56. The van der Waals surface area contributed by atoms with Gasteiger partial charge in [0.2, 0.25) is 11.8 Å². The molecule has 0 N–H and O–H groups in total. The van der Waals surface area contributed by atoms with Crippen LogP contribution in [0.1, 0.15) is 52.4 Å². The number of hydrogen-bond acceptors (Lipinski definition) is 4. The molecular formula is C21H25ClN2O4. The van der Waals surface area contributed by atoms with E-state index < -0.39 is 5.60 Å². The van der Waals surface area contributed by atoms with Gasteiger partial charge in [0.25, 0.3) is 5.91 Å². The first-order chi connectivity index (χ1) is 13.3. The van der Waals surface area contributed by atoms with Crippen molar-refractivity contribution in [2.24, 2.45) is 0 Å². The molecular weight excluding hydrogens is 380 g/mol. The van der Waals surface area contributed by atoms with Crippen molar-refractivity contribution in [3.8, 4) is 5.75 Å². The van der Waals surface area contributed by atoms with Crippen LogP contribution in [0.2, 0.25) is 5.02 Å². The molecule has 3 amide bonds. The van der Waals surface area contributed by atoms with Crippen molar-refractivity contribution in [2.75, 3.05) is 0 Å². The summed E-state index contributed by atoms with van der Waals surface area (Å²) in [5, 5.41) is 0.614. The van der Waals surface area contributed by atoms with Gasteiger partial charge in [0, 0.05) is 36.0 Å². The lowest BCUT2D eigenvalue weighted by Gasteiger charge is -2.44. The van der Waals surface area contributed by atoms with E-state index in [1.165, 1.54) is 4.90 Å². The Kier molecular flexibility index (Phi) is 4.86. The minimum Gasteiger partial charge on any atom is -0.478 e. The molecule has 3 aliphatic rings. The fraction of sp³-hybridized carbons (Fsp3) is 0.571. The van der Waals surface area contributed by atoms with E-state index in [0.717, 1.165) is 12.8 Å². The van der Waals surface area contributed by atoms with Gasteiger partial charge in [-0.2, -0.15) is 0 Å². The lowest BCUT2D eigenvalue weighted by Crippen LogP contribution is -2.58. The summed E-state index contributed by atoms with van der Waals surface area (Å²) in [6.07, 6.45) is 3.76. The molecule has 3 saturated heterocycles. The predicted octanol–water partition coefficient (Wildman–Crippen LogP) is 3.17. The van der Waals surface area contributed by atoms with E-state index in [4.69, 9.17) is 16.3 Å². The molecule has 2 bridgehead atoms. The maximum atomic E-state index is 13.3. The second kappa shape index (κ2) is 7.07. The molecule has 0 spiro atoms. The molecule has 0 aliphatic carbocycles. The molecule has 0 saturated carbocycles. The van der Waals surface area contributed by atoms with Crippen molar-refractivity contribution >= 4 is 29.3 Å². The minimum absolute atomic E-state index is 0.0468. The van der Waals surface area contributed by atoms with E-state index in [9.17, 15) is 14.4 Å². The Morgan fingerprint density at radius 2 is 1.54 bits per heavy atom. The molecule has 3 heterocycles. The lowest BCUT2D eigenvalue weighted by molar-refractivity contribution is -0.152. The van der Waals surface area contributed by atoms with Crippen LogP contribution in [-0.2, 0) is 14.4 Å². The second-order valence-electron chi connectivity index (χ2n) is 8.45. The van der Waals surface area contributed by atoms with Crippen molar-refractivity contribution in [3.05, 3.63) is 29.3 Å². The lowest BCUT2D eigenvalue weighted by atomic mass is 9.93. The third-order valence-corrected chi connectivity index (χ3v) is 6.35. The fourth-order valence-corrected chi connectivity index (χ4v) is 4.97. The van der Waals surface area contributed by atoms with Gasteiger partial charge in [0.15, 0.2) is 5.60 Å². The number of ether oxygens (including phenoxy) is 1. The topological polar surface area (TPSA) is 66.9 Å². The number of nitrogens with zero attached hydrogens (tertiary/aromatic N) is 2. The first-order valence-electron chi connectivity index (χ1n) is 9.88. The molecule has 6 nitrogen and oxygen atoms in total. The van der Waals surface area contributed by atoms with Gasteiger partial charge in [-0.25, -0.2) is 0 Å². The van der Waals surface area contributed by atoms with Gasteiger partial charge in [-0.3, -0.25) is 19.3 Å². The summed E-state index contributed by atoms with van der Waals surface area (Å²) in [5.74, 6) is 0.409. The number of benzene rings is 1. The van der Waals surface area contributed by atoms with Crippen molar-refractivity contribution in [3.63, 3.8) is 0 Å². The van der Waals surface area contributed by atoms with Gasteiger partial charge in [0.1, 0.15) is 5.75 Å². The molecule has 2 unspecified atom stereocenters. The van der Waals surface area contributed by atoms with Crippen molar-refractivity contribution < 1.29 is 19.1 Å². The number of carbonyl (C=O) groups excluding carboxylic acids is 3. The van der Waals surface area contributed by atoms with Crippen molar-refractivity contribution in [2.45, 2.75) is 76.1 Å². The normalized spacial score (nSPS) is 27.5. The molecule has 3 fully saturated rings. The number of amides is 3. The Labute approximate surface area is 169 Å². The maximum absolute atomic E-state index is 13.3. The highest BCUT2D eigenvalue weighted by Gasteiger charge is 2.50. The molecule has 4 rings (SSSR count). The number of imide groups is 1. The zero-order valence-electron chi connectivity index (χ0n) is 16.2. The number of carbonyl (C=O) groups is 3. The summed E-state index contributed by atoms with van der Waals surface area (Å²) in [5.41, 5.74) is -1.01. The Balaban J connectivity index is 1.47. The number of fused-ring (bicyclic) bond motifs is 2. The third kappa shape index (κ3) is 3.39. The van der Waals surface area contributed by atoms with Crippen LogP contribution >= 0.6 is 11.6 Å². The van der Waals surface area contributed by atoms with Crippen LogP contribution in [0.3, 0.4) is 0 Å². The Morgan fingerprint density at radius 1 is 1.00 bits per heavy atom. The Bertz CT molecular complexity index is 777. The fourth-order valence-electron chi connectivity index (χ4n) is 4.84. The van der Waals surface area contributed by atoms with E-state index in [0.29, 0.717) is 36.5 Å². The highest BCUT2D eigenvalue weighted by molar-refractivity contribution is 6.30. The van der Waals surface area contributed by atoms with Crippen LogP contribution in [0.5, 0.6) is 5.75 Å². The molecule has 7 heteroatoms. The molecule has 2 atom stereocenters. The Hall–Kier alpha value is -2.08. The first kappa shape index (κ1) is 19.2. The minimum atomic E-state index is -1.01. The molecule has 150 valence electrons. The molecule has 1 aromatic rings. The number of likely N-dealkylation sites (tertiary alicyclic amines) is 1. The second-order valence-corrected chi connectivity index (χ2v) is 8.88. The predicted molar refractivity (Wildman–Crippen MR) is 104 cm³/mol. The largest absolute Gasteiger partial charge is 0.478 e. The van der Waals surface area contributed by atoms with Crippen LogP contribution in [0.15, 0.2) is 24.3 Å².